The van der Waals surface area contributed by atoms with Gasteiger partial charge in [-0.25, -0.2) is 9.59 Å². The van der Waals surface area contributed by atoms with E-state index < -0.39 is 24.1 Å². The molecule has 1 unspecified atom stereocenters. The molecule has 3 N–H and O–H groups in total. The smallest absolute Gasteiger partial charge is 0.326 e. The summed E-state index contributed by atoms with van der Waals surface area (Å²) in [5.41, 5.74) is 0. The normalized spacial score (nSPS) is 32.3. The van der Waals surface area contributed by atoms with Gasteiger partial charge in [0.1, 0.15) is 6.04 Å². The van der Waals surface area contributed by atoms with Crippen LogP contribution in [-0.4, -0.2) is 65.1 Å². The van der Waals surface area contributed by atoms with Crippen LogP contribution in [-0.2, 0) is 9.53 Å². The molecule has 2 rings (SSSR count). The van der Waals surface area contributed by atoms with Crippen LogP contribution < -0.4 is 5.32 Å². The van der Waals surface area contributed by atoms with Crippen molar-refractivity contribution >= 4 is 12.0 Å². The van der Waals surface area contributed by atoms with Crippen molar-refractivity contribution in [3.8, 4) is 0 Å². The number of carboxylic acid groups (broad SMARTS) is 1. The van der Waals surface area contributed by atoms with Gasteiger partial charge in [-0.05, 0) is 12.8 Å². The number of amides is 2. The minimum atomic E-state index is -1.08. The van der Waals surface area contributed by atoms with Crippen molar-refractivity contribution in [1.29, 1.82) is 0 Å². The molecule has 0 aromatic carbocycles. The fourth-order valence-electron chi connectivity index (χ4n) is 2.38. The lowest BCUT2D eigenvalue weighted by Crippen LogP contribution is -2.51. The average Bonchev–Trinajstić information content (AvgIpc) is 2.73. The van der Waals surface area contributed by atoms with Gasteiger partial charge >= 0.3 is 12.0 Å². The summed E-state index contributed by atoms with van der Waals surface area (Å²) in [4.78, 5) is 24.1. The minimum absolute atomic E-state index is 0.0659. The third-order valence-electron chi connectivity index (χ3n) is 3.31. The molecule has 2 aliphatic rings. The molecular weight excluding hydrogens is 240 g/mol. The molecule has 2 fully saturated rings. The maximum atomic E-state index is 12.0. The number of carbonyl (C=O) groups excluding carboxylic acids is 1. The van der Waals surface area contributed by atoms with Gasteiger partial charge in [-0.15, -0.1) is 0 Å². The van der Waals surface area contributed by atoms with E-state index >= 15 is 0 Å². The molecule has 3 atom stereocenters. The Hall–Kier alpha value is -1.34. The number of aliphatic carboxylic acids is 1. The largest absolute Gasteiger partial charge is 0.480 e. The molecule has 2 saturated heterocycles. The Morgan fingerprint density at radius 1 is 1.39 bits per heavy atom. The zero-order chi connectivity index (χ0) is 13.1. The highest BCUT2D eigenvalue weighted by Crippen LogP contribution is 2.18. The number of aliphatic hydroxyl groups excluding tert-OH is 1. The van der Waals surface area contributed by atoms with E-state index in [1.165, 1.54) is 4.90 Å². The van der Waals surface area contributed by atoms with Crippen LogP contribution in [0, 0.1) is 0 Å². The summed E-state index contributed by atoms with van der Waals surface area (Å²) in [6, 6.07) is -1.45. The van der Waals surface area contributed by atoms with Crippen LogP contribution in [0.4, 0.5) is 4.79 Å². The number of ether oxygens (including phenoxy) is 1. The average molecular weight is 258 g/mol. The zero-order valence-electron chi connectivity index (χ0n) is 10.0. The summed E-state index contributed by atoms with van der Waals surface area (Å²) in [6.45, 7) is 1.22. The second-order valence-corrected chi connectivity index (χ2v) is 4.76. The van der Waals surface area contributed by atoms with Crippen LogP contribution in [0.25, 0.3) is 0 Å². The van der Waals surface area contributed by atoms with Gasteiger partial charge in [0.2, 0.25) is 0 Å². The van der Waals surface area contributed by atoms with Gasteiger partial charge in [-0.2, -0.15) is 0 Å². The highest BCUT2D eigenvalue weighted by atomic mass is 16.5. The number of urea groups is 1. The van der Waals surface area contributed by atoms with Gasteiger partial charge in [0, 0.05) is 19.6 Å². The number of hydrogen-bond donors (Lipinski definition) is 3. The summed E-state index contributed by atoms with van der Waals surface area (Å²) in [5, 5.41) is 21.2. The highest BCUT2D eigenvalue weighted by Gasteiger charge is 2.39. The molecule has 7 nitrogen and oxygen atoms in total. The lowest BCUT2D eigenvalue weighted by atomic mass is 10.1. The van der Waals surface area contributed by atoms with E-state index in [4.69, 9.17) is 9.84 Å². The topological polar surface area (TPSA) is 99.1 Å². The van der Waals surface area contributed by atoms with Crippen LogP contribution in [0.1, 0.15) is 19.3 Å². The first kappa shape index (κ1) is 13.1. The zero-order valence-corrected chi connectivity index (χ0v) is 10.0. The number of likely N-dealkylation sites (tertiary alicyclic amines) is 1. The predicted octanol–water partition coefficient (Wildman–Crippen LogP) is -0.605. The van der Waals surface area contributed by atoms with E-state index in [2.05, 4.69) is 5.32 Å². The SMILES string of the molecule is O=C(O)[C@H]1C[C@@H](O)CN1C(=O)NC1CCCOC1. The van der Waals surface area contributed by atoms with E-state index in [-0.39, 0.29) is 19.0 Å². The predicted molar refractivity (Wildman–Crippen MR) is 61.1 cm³/mol. The van der Waals surface area contributed by atoms with Gasteiger partial charge in [-0.3, -0.25) is 0 Å². The lowest BCUT2D eigenvalue weighted by Gasteiger charge is -2.27. The van der Waals surface area contributed by atoms with Crippen molar-refractivity contribution in [3.05, 3.63) is 0 Å². The van der Waals surface area contributed by atoms with Crippen LogP contribution in [0.5, 0.6) is 0 Å². The molecule has 0 aromatic rings. The Morgan fingerprint density at radius 3 is 2.78 bits per heavy atom. The summed E-state index contributed by atoms with van der Waals surface area (Å²) < 4.78 is 5.24. The Morgan fingerprint density at radius 2 is 2.17 bits per heavy atom. The third-order valence-corrected chi connectivity index (χ3v) is 3.31. The molecule has 0 radical (unpaired) electrons. The second kappa shape index (κ2) is 5.53. The molecule has 2 amide bonds. The number of rotatable bonds is 2. The highest BCUT2D eigenvalue weighted by molar-refractivity contribution is 5.83. The molecular formula is C11H18N2O5. The summed E-state index contributed by atoms with van der Waals surface area (Å²) in [7, 11) is 0. The van der Waals surface area contributed by atoms with Crippen molar-refractivity contribution in [2.75, 3.05) is 19.8 Å². The van der Waals surface area contributed by atoms with Crippen molar-refractivity contribution < 1.29 is 24.5 Å². The van der Waals surface area contributed by atoms with E-state index in [0.717, 1.165) is 12.8 Å². The number of nitrogens with one attached hydrogen (secondary N) is 1. The van der Waals surface area contributed by atoms with Gasteiger partial charge < -0.3 is 25.2 Å². The fourth-order valence-corrected chi connectivity index (χ4v) is 2.38. The molecule has 0 aromatic heterocycles. The number of aliphatic hydroxyl groups is 1. The third kappa shape index (κ3) is 2.91. The minimum Gasteiger partial charge on any atom is -0.480 e. The van der Waals surface area contributed by atoms with Gasteiger partial charge in [0.05, 0.1) is 18.8 Å². The first-order valence-corrected chi connectivity index (χ1v) is 6.13. The summed E-state index contributed by atoms with van der Waals surface area (Å²) >= 11 is 0. The number of β-amino-alcohol motifs (C(OH)–C–C–N with tert-alkyl or cyclic N) is 1. The molecule has 7 heteroatoms. The van der Waals surface area contributed by atoms with E-state index in [0.29, 0.717) is 13.2 Å². The molecule has 2 aliphatic heterocycles. The van der Waals surface area contributed by atoms with E-state index in [9.17, 15) is 14.7 Å². The van der Waals surface area contributed by atoms with Crippen LogP contribution in [0.2, 0.25) is 0 Å². The maximum Gasteiger partial charge on any atom is 0.326 e. The second-order valence-electron chi connectivity index (χ2n) is 4.76. The van der Waals surface area contributed by atoms with Crippen molar-refractivity contribution in [3.63, 3.8) is 0 Å². The maximum absolute atomic E-state index is 12.0. The van der Waals surface area contributed by atoms with E-state index in [1.54, 1.807) is 0 Å². The fraction of sp³-hybridized carbons (Fsp3) is 0.818. The van der Waals surface area contributed by atoms with Crippen LogP contribution in [0.15, 0.2) is 0 Å². The lowest BCUT2D eigenvalue weighted by molar-refractivity contribution is -0.141. The van der Waals surface area contributed by atoms with Crippen LogP contribution >= 0.6 is 0 Å². The van der Waals surface area contributed by atoms with Gasteiger partial charge in [0.15, 0.2) is 0 Å². The van der Waals surface area contributed by atoms with E-state index in [1.807, 2.05) is 0 Å². The molecule has 0 aliphatic carbocycles. The van der Waals surface area contributed by atoms with Crippen molar-refractivity contribution in [1.82, 2.24) is 10.2 Å². The molecule has 0 spiro atoms. The number of nitrogens with zero attached hydrogens (tertiary/aromatic N) is 1. The Bertz CT molecular complexity index is 329. The Kier molecular flexibility index (Phi) is 4.03. The Balaban J connectivity index is 1.92. The Labute approximate surface area is 105 Å². The standard InChI is InChI=1S/C11H18N2O5/c14-8-4-9(10(15)16)13(5-8)11(17)12-7-2-1-3-18-6-7/h7-9,14H,1-6H2,(H,12,17)(H,15,16)/t7?,8-,9-/m1/s1. The monoisotopic (exact) mass is 258 g/mol. The molecule has 102 valence electrons. The molecule has 2 heterocycles. The molecule has 0 bridgehead atoms. The molecule has 0 saturated carbocycles. The quantitative estimate of drug-likeness (QED) is 0.614. The van der Waals surface area contributed by atoms with Crippen molar-refractivity contribution in [2.24, 2.45) is 0 Å². The van der Waals surface area contributed by atoms with Crippen LogP contribution in [0.3, 0.4) is 0 Å². The summed E-state index contributed by atoms with van der Waals surface area (Å²) in [5.74, 6) is -1.08. The van der Waals surface area contributed by atoms with Gasteiger partial charge in [0.25, 0.3) is 0 Å². The first-order chi connectivity index (χ1) is 8.58. The number of carbonyl (C=O) groups is 2. The first-order valence-electron chi connectivity index (χ1n) is 6.13. The summed E-state index contributed by atoms with van der Waals surface area (Å²) in [6.07, 6.45) is 1.04. The molecule has 18 heavy (non-hydrogen) atoms. The number of hydrogen-bond acceptors (Lipinski definition) is 4. The number of carboxylic acids is 1. The van der Waals surface area contributed by atoms with Crippen molar-refractivity contribution in [2.45, 2.75) is 37.5 Å². The van der Waals surface area contributed by atoms with Gasteiger partial charge in [-0.1, -0.05) is 0 Å².